The van der Waals surface area contributed by atoms with Crippen LogP contribution in [-0.2, 0) is 16.1 Å². The number of benzene rings is 2. The predicted molar refractivity (Wildman–Crippen MR) is 126 cm³/mol. The van der Waals surface area contributed by atoms with E-state index in [1.54, 1.807) is 4.90 Å². The SMILES string of the molecule is CC[C@@H](C)NC(=O)[C@H](CC)N(Cc1ccc(C)cc1)C(=O)CSc1ccc(Cl)cc1. The molecule has 0 aliphatic rings. The van der Waals surface area contributed by atoms with Gasteiger partial charge >= 0.3 is 0 Å². The number of aryl methyl sites for hydroxylation is 1. The molecule has 2 atom stereocenters. The Morgan fingerprint density at radius 3 is 2.23 bits per heavy atom. The van der Waals surface area contributed by atoms with Crippen LogP contribution in [0.3, 0.4) is 0 Å². The van der Waals surface area contributed by atoms with Crippen molar-refractivity contribution in [1.29, 1.82) is 0 Å². The first-order valence-corrected chi connectivity index (χ1v) is 11.7. The molecule has 0 saturated heterocycles. The molecule has 2 amide bonds. The fourth-order valence-corrected chi connectivity index (χ4v) is 3.92. The van der Waals surface area contributed by atoms with E-state index in [1.807, 2.05) is 76.2 Å². The molecule has 2 rings (SSSR count). The minimum absolute atomic E-state index is 0.0540. The molecule has 0 unspecified atom stereocenters. The third-order valence-electron chi connectivity index (χ3n) is 5.04. The zero-order valence-electron chi connectivity index (χ0n) is 18.2. The smallest absolute Gasteiger partial charge is 0.243 e. The van der Waals surface area contributed by atoms with E-state index < -0.39 is 6.04 Å². The molecule has 162 valence electrons. The monoisotopic (exact) mass is 446 g/mol. The number of hydrogen-bond donors (Lipinski definition) is 1. The van der Waals surface area contributed by atoms with Gasteiger partial charge in [-0.1, -0.05) is 55.3 Å². The number of hydrogen-bond acceptors (Lipinski definition) is 3. The van der Waals surface area contributed by atoms with E-state index in [4.69, 9.17) is 11.6 Å². The highest BCUT2D eigenvalue weighted by atomic mass is 35.5. The molecule has 4 nitrogen and oxygen atoms in total. The van der Waals surface area contributed by atoms with Gasteiger partial charge in [0.1, 0.15) is 6.04 Å². The maximum Gasteiger partial charge on any atom is 0.243 e. The van der Waals surface area contributed by atoms with Crippen LogP contribution in [-0.4, -0.2) is 34.6 Å². The van der Waals surface area contributed by atoms with Crippen LogP contribution >= 0.6 is 23.4 Å². The number of carbonyl (C=O) groups is 2. The van der Waals surface area contributed by atoms with Gasteiger partial charge in [0, 0.05) is 22.5 Å². The zero-order chi connectivity index (χ0) is 22.1. The first kappa shape index (κ1) is 24.3. The average molecular weight is 447 g/mol. The number of nitrogens with zero attached hydrogens (tertiary/aromatic N) is 1. The van der Waals surface area contributed by atoms with Crippen LogP contribution in [0.25, 0.3) is 0 Å². The van der Waals surface area contributed by atoms with Crippen LogP contribution in [0.1, 0.15) is 44.7 Å². The Labute approximate surface area is 189 Å². The molecule has 1 N–H and O–H groups in total. The summed E-state index contributed by atoms with van der Waals surface area (Å²) in [5.74, 6) is 0.117. The molecule has 0 aliphatic heterocycles. The number of amides is 2. The van der Waals surface area contributed by atoms with E-state index in [0.29, 0.717) is 18.0 Å². The van der Waals surface area contributed by atoms with E-state index >= 15 is 0 Å². The van der Waals surface area contributed by atoms with Crippen LogP contribution in [0, 0.1) is 6.92 Å². The lowest BCUT2D eigenvalue weighted by Crippen LogP contribution is -2.51. The van der Waals surface area contributed by atoms with Gasteiger partial charge in [-0.15, -0.1) is 11.8 Å². The fourth-order valence-electron chi connectivity index (χ4n) is 3.01. The van der Waals surface area contributed by atoms with E-state index in [0.717, 1.165) is 22.4 Å². The molecule has 0 heterocycles. The van der Waals surface area contributed by atoms with E-state index in [2.05, 4.69) is 5.32 Å². The van der Waals surface area contributed by atoms with E-state index in [9.17, 15) is 9.59 Å². The van der Waals surface area contributed by atoms with Crippen molar-refractivity contribution < 1.29 is 9.59 Å². The first-order valence-electron chi connectivity index (χ1n) is 10.4. The van der Waals surface area contributed by atoms with Gasteiger partial charge in [0.25, 0.3) is 0 Å². The Balaban J connectivity index is 2.19. The second-order valence-electron chi connectivity index (χ2n) is 7.49. The molecular formula is C24H31ClN2O2S. The number of halogens is 1. The molecule has 0 spiro atoms. The average Bonchev–Trinajstić information content (AvgIpc) is 2.74. The molecule has 2 aromatic rings. The van der Waals surface area contributed by atoms with Gasteiger partial charge < -0.3 is 10.2 Å². The fraction of sp³-hybridized carbons (Fsp3) is 0.417. The molecule has 0 bridgehead atoms. The Morgan fingerprint density at radius 1 is 1.03 bits per heavy atom. The van der Waals surface area contributed by atoms with Crippen LogP contribution in [0.2, 0.25) is 5.02 Å². The molecule has 30 heavy (non-hydrogen) atoms. The summed E-state index contributed by atoms with van der Waals surface area (Å²) in [6, 6.07) is 15.1. The zero-order valence-corrected chi connectivity index (χ0v) is 19.7. The summed E-state index contributed by atoms with van der Waals surface area (Å²) in [7, 11) is 0. The standard InChI is InChI=1S/C24H31ClN2O2S/c1-5-18(4)26-24(29)22(6-2)27(15-19-9-7-17(3)8-10-19)23(28)16-30-21-13-11-20(25)12-14-21/h7-14,18,22H,5-6,15-16H2,1-4H3,(H,26,29)/t18-,22+/m1/s1. The molecular weight excluding hydrogens is 416 g/mol. The van der Waals surface area contributed by atoms with Crippen molar-refractivity contribution in [2.24, 2.45) is 0 Å². The first-order chi connectivity index (χ1) is 14.3. The van der Waals surface area contributed by atoms with Crippen molar-refractivity contribution in [3.8, 4) is 0 Å². The quantitative estimate of drug-likeness (QED) is 0.493. The van der Waals surface area contributed by atoms with Crippen molar-refractivity contribution in [2.75, 3.05) is 5.75 Å². The molecule has 0 aliphatic carbocycles. The largest absolute Gasteiger partial charge is 0.352 e. The summed E-state index contributed by atoms with van der Waals surface area (Å²) in [5.41, 5.74) is 2.18. The Kier molecular flexibility index (Phi) is 9.73. The molecule has 2 aromatic carbocycles. The Hall–Kier alpha value is -1.98. The summed E-state index contributed by atoms with van der Waals surface area (Å²) in [6.07, 6.45) is 1.41. The summed E-state index contributed by atoms with van der Waals surface area (Å²) in [4.78, 5) is 28.8. The molecule has 0 aromatic heterocycles. The van der Waals surface area contributed by atoms with Gasteiger partial charge in [0.05, 0.1) is 5.75 Å². The van der Waals surface area contributed by atoms with Crippen LogP contribution in [0.4, 0.5) is 0 Å². The highest BCUT2D eigenvalue weighted by Gasteiger charge is 2.29. The second kappa shape index (κ2) is 12.0. The lowest BCUT2D eigenvalue weighted by atomic mass is 10.1. The van der Waals surface area contributed by atoms with Crippen molar-refractivity contribution in [3.63, 3.8) is 0 Å². The second-order valence-corrected chi connectivity index (χ2v) is 8.98. The highest BCUT2D eigenvalue weighted by molar-refractivity contribution is 8.00. The lowest BCUT2D eigenvalue weighted by Gasteiger charge is -2.31. The summed E-state index contributed by atoms with van der Waals surface area (Å²) in [6.45, 7) is 8.40. The number of rotatable bonds is 10. The molecule has 6 heteroatoms. The van der Waals surface area contributed by atoms with Gasteiger partial charge in [-0.05, 0) is 56.5 Å². The van der Waals surface area contributed by atoms with Crippen molar-refractivity contribution in [1.82, 2.24) is 10.2 Å². The van der Waals surface area contributed by atoms with Gasteiger partial charge in [-0.3, -0.25) is 9.59 Å². The summed E-state index contributed by atoms with van der Waals surface area (Å²) >= 11 is 7.40. The van der Waals surface area contributed by atoms with Gasteiger partial charge in [-0.25, -0.2) is 0 Å². The third-order valence-corrected chi connectivity index (χ3v) is 6.29. The van der Waals surface area contributed by atoms with Crippen molar-refractivity contribution in [2.45, 2.75) is 64.1 Å². The van der Waals surface area contributed by atoms with Crippen molar-refractivity contribution >= 4 is 35.2 Å². The van der Waals surface area contributed by atoms with Crippen LogP contribution in [0.5, 0.6) is 0 Å². The summed E-state index contributed by atoms with van der Waals surface area (Å²) < 4.78 is 0. The molecule has 0 saturated carbocycles. The third kappa shape index (κ3) is 7.37. The normalized spacial score (nSPS) is 12.8. The van der Waals surface area contributed by atoms with Crippen LogP contribution < -0.4 is 5.32 Å². The maximum absolute atomic E-state index is 13.2. The van der Waals surface area contributed by atoms with E-state index in [-0.39, 0.29) is 23.6 Å². The number of nitrogens with one attached hydrogen (secondary N) is 1. The number of thioether (sulfide) groups is 1. The topological polar surface area (TPSA) is 49.4 Å². The molecule has 0 fully saturated rings. The van der Waals surface area contributed by atoms with Gasteiger partial charge in [-0.2, -0.15) is 0 Å². The minimum Gasteiger partial charge on any atom is -0.352 e. The van der Waals surface area contributed by atoms with Crippen LogP contribution in [0.15, 0.2) is 53.4 Å². The maximum atomic E-state index is 13.2. The summed E-state index contributed by atoms with van der Waals surface area (Å²) in [5, 5.41) is 3.70. The highest BCUT2D eigenvalue weighted by Crippen LogP contribution is 2.22. The Bertz CT molecular complexity index is 824. The lowest BCUT2D eigenvalue weighted by molar-refractivity contribution is -0.139. The van der Waals surface area contributed by atoms with E-state index in [1.165, 1.54) is 11.8 Å². The molecule has 0 radical (unpaired) electrons. The Morgan fingerprint density at radius 2 is 1.67 bits per heavy atom. The minimum atomic E-state index is -0.501. The van der Waals surface area contributed by atoms with Gasteiger partial charge in [0.15, 0.2) is 0 Å². The van der Waals surface area contributed by atoms with Crippen molar-refractivity contribution in [3.05, 3.63) is 64.7 Å². The van der Waals surface area contributed by atoms with Gasteiger partial charge in [0.2, 0.25) is 11.8 Å². The predicted octanol–water partition coefficient (Wildman–Crippen LogP) is 5.46. The number of carbonyl (C=O) groups excluding carboxylic acids is 2.